The monoisotopic (exact) mass is 236 g/mol. The number of anilines is 1. The van der Waals surface area contributed by atoms with Crippen LogP contribution in [0, 0.1) is 0 Å². The van der Waals surface area contributed by atoms with E-state index in [9.17, 15) is 0 Å². The Hall–Kier alpha value is -0.0900. The molecule has 0 saturated heterocycles. The Morgan fingerprint density at radius 1 is 1.46 bits per heavy atom. The van der Waals surface area contributed by atoms with Gasteiger partial charge in [0.2, 0.25) is 0 Å². The van der Waals surface area contributed by atoms with Crippen LogP contribution in [-0.2, 0) is 0 Å². The fraction of sp³-hybridized carbons (Fsp3) is 0.250. The minimum absolute atomic E-state index is 0.582. The molecular weight excluding hydrogens is 227 g/mol. The number of hydrogen-bond donors (Lipinski definition) is 2. The first-order valence-corrected chi connectivity index (χ1v) is 5.51. The Morgan fingerprint density at radius 2 is 2.15 bits per heavy atom. The number of nitrogens with two attached hydrogens (primary N) is 1. The summed E-state index contributed by atoms with van der Waals surface area (Å²) < 4.78 is 0. The quantitative estimate of drug-likeness (QED) is 0.480. The van der Waals surface area contributed by atoms with Crippen LogP contribution in [0.3, 0.4) is 0 Å². The van der Waals surface area contributed by atoms with Gasteiger partial charge in [0.25, 0.3) is 0 Å². The summed E-state index contributed by atoms with van der Waals surface area (Å²) in [6.45, 7) is 2.05. The number of hydrogen-bond acceptors (Lipinski definition) is 3. The van der Waals surface area contributed by atoms with Crippen LogP contribution in [0.2, 0.25) is 10.0 Å². The number of thioether (sulfide) groups is 1. The van der Waals surface area contributed by atoms with Crippen molar-refractivity contribution in [2.24, 2.45) is 5.84 Å². The van der Waals surface area contributed by atoms with E-state index in [4.69, 9.17) is 29.0 Å². The molecule has 2 nitrogen and oxygen atoms in total. The van der Waals surface area contributed by atoms with Crippen LogP contribution in [-0.4, -0.2) is 5.75 Å². The number of nitrogens with one attached hydrogen (secondary N) is 1. The number of hydrazine groups is 1. The van der Waals surface area contributed by atoms with Gasteiger partial charge in [0.05, 0.1) is 15.6 Å². The average Bonchev–Trinajstić information content (AvgIpc) is 2.09. The Morgan fingerprint density at radius 3 is 2.69 bits per heavy atom. The van der Waals surface area contributed by atoms with Gasteiger partial charge in [-0.1, -0.05) is 30.1 Å². The lowest BCUT2D eigenvalue weighted by Gasteiger charge is -2.09. The van der Waals surface area contributed by atoms with E-state index in [1.807, 2.05) is 0 Å². The third-order valence-corrected chi connectivity index (χ3v) is 3.10. The van der Waals surface area contributed by atoms with Gasteiger partial charge >= 0.3 is 0 Å². The SMILES string of the molecule is CCSc1c(Cl)cc(Cl)cc1NN. The second-order valence-corrected chi connectivity index (χ2v) is 4.46. The van der Waals surface area contributed by atoms with Crippen LogP contribution in [0.5, 0.6) is 0 Å². The van der Waals surface area contributed by atoms with E-state index >= 15 is 0 Å². The number of nitrogen functional groups attached to an aromatic ring is 1. The van der Waals surface area contributed by atoms with Crippen molar-refractivity contribution in [2.75, 3.05) is 11.2 Å². The molecular formula is C8H10Cl2N2S. The molecule has 72 valence electrons. The Labute approximate surface area is 91.8 Å². The van der Waals surface area contributed by atoms with Crippen molar-refractivity contribution in [2.45, 2.75) is 11.8 Å². The second kappa shape index (κ2) is 4.96. The predicted octanol–water partition coefficient (Wildman–Crippen LogP) is 3.39. The standard InChI is InChI=1S/C8H10Cl2N2S/c1-2-13-8-6(10)3-5(9)4-7(8)12-11/h3-4,12H,2,11H2,1H3. The van der Waals surface area contributed by atoms with E-state index in [0.29, 0.717) is 10.0 Å². The first-order valence-electron chi connectivity index (χ1n) is 3.77. The normalized spacial score (nSPS) is 10.2. The molecule has 0 aliphatic rings. The van der Waals surface area contributed by atoms with Gasteiger partial charge in [-0.15, -0.1) is 11.8 Å². The van der Waals surface area contributed by atoms with E-state index < -0.39 is 0 Å². The van der Waals surface area contributed by atoms with Crippen molar-refractivity contribution in [1.82, 2.24) is 0 Å². The maximum Gasteiger partial charge on any atom is 0.0651 e. The van der Waals surface area contributed by atoms with Gasteiger partial charge in [0.15, 0.2) is 0 Å². The van der Waals surface area contributed by atoms with E-state index in [0.717, 1.165) is 16.3 Å². The van der Waals surface area contributed by atoms with E-state index in [1.54, 1.807) is 23.9 Å². The van der Waals surface area contributed by atoms with Crippen molar-refractivity contribution in [3.05, 3.63) is 22.2 Å². The third-order valence-electron chi connectivity index (χ3n) is 1.45. The second-order valence-electron chi connectivity index (χ2n) is 2.34. The van der Waals surface area contributed by atoms with Crippen LogP contribution in [0.25, 0.3) is 0 Å². The van der Waals surface area contributed by atoms with Gasteiger partial charge in [0.1, 0.15) is 0 Å². The first kappa shape index (κ1) is 11.0. The molecule has 0 heterocycles. The first-order chi connectivity index (χ1) is 6.19. The molecule has 0 bridgehead atoms. The van der Waals surface area contributed by atoms with Gasteiger partial charge in [-0.2, -0.15) is 0 Å². The summed E-state index contributed by atoms with van der Waals surface area (Å²) in [5, 5.41) is 1.21. The molecule has 0 atom stereocenters. The van der Waals surface area contributed by atoms with Gasteiger partial charge in [-0.3, -0.25) is 5.84 Å². The topological polar surface area (TPSA) is 38.0 Å². The highest BCUT2D eigenvalue weighted by Crippen LogP contribution is 2.36. The lowest BCUT2D eigenvalue weighted by Crippen LogP contribution is -2.08. The maximum absolute atomic E-state index is 5.99. The van der Waals surface area contributed by atoms with Crippen LogP contribution in [0.4, 0.5) is 5.69 Å². The molecule has 1 aromatic carbocycles. The smallest absolute Gasteiger partial charge is 0.0651 e. The average molecular weight is 237 g/mol. The van der Waals surface area contributed by atoms with Gasteiger partial charge in [0, 0.05) is 5.02 Å². The summed E-state index contributed by atoms with van der Waals surface area (Å²) in [5.74, 6) is 6.28. The summed E-state index contributed by atoms with van der Waals surface area (Å²) >= 11 is 13.4. The zero-order chi connectivity index (χ0) is 9.84. The molecule has 3 N–H and O–H groups in total. The highest BCUT2D eigenvalue weighted by Gasteiger charge is 2.07. The number of halogens is 2. The predicted molar refractivity (Wildman–Crippen MR) is 60.7 cm³/mol. The molecule has 0 radical (unpaired) electrons. The van der Waals surface area contributed by atoms with Crippen molar-refractivity contribution < 1.29 is 0 Å². The highest BCUT2D eigenvalue weighted by molar-refractivity contribution is 7.99. The highest BCUT2D eigenvalue weighted by atomic mass is 35.5. The molecule has 0 unspecified atom stereocenters. The molecule has 0 aromatic heterocycles. The fourth-order valence-electron chi connectivity index (χ4n) is 0.959. The van der Waals surface area contributed by atoms with Crippen LogP contribution in [0.1, 0.15) is 6.92 Å². The van der Waals surface area contributed by atoms with Crippen molar-refractivity contribution in [3.8, 4) is 0 Å². The van der Waals surface area contributed by atoms with Gasteiger partial charge in [-0.25, -0.2) is 0 Å². The molecule has 0 aliphatic carbocycles. The van der Waals surface area contributed by atoms with Crippen molar-refractivity contribution >= 4 is 40.7 Å². The Balaban J connectivity index is 3.13. The maximum atomic E-state index is 5.99. The van der Waals surface area contributed by atoms with Crippen LogP contribution in [0.15, 0.2) is 17.0 Å². The molecule has 1 rings (SSSR count). The van der Waals surface area contributed by atoms with Crippen molar-refractivity contribution in [1.29, 1.82) is 0 Å². The molecule has 0 amide bonds. The zero-order valence-corrected chi connectivity index (χ0v) is 9.43. The van der Waals surface area contributed by atoms with Crippen molar-refractivity contribution in [3.63, 3.8) is 0 Å². The zero-order valence-electron chi connectivity index (χ0n) is 7.10. The lowest BCUT2D eigenvalue weighted by atomic mass is 10.3. The molecule has 0 fully saturated rings. The molecule has 1 aromatic rings. The summed E-state index contributed by atoms with van der Waals surface area (Å²) in [7, 11) is 0. The minimum Gasteiger partial charge on any atom is -0.323 e. The number of benzene rings is 1. The van der Waals surface area contributed by atoms with Crippen LogP contribution < -0.4 is 11.3 Å². The van der Waals surface area contributed by atoms with Gasteiger partial charge < -0.3 is 5.43 Å². The molecule has 0 saturated carbocycles. The largest absolute Gasteiger partial charge is 0.323 e. The third kappa shape index (κ3) is 2.68. The summed E-state index contributed by atoms with van der Waals surface area (Å²) in [6.07, 6.45) is 0. The van der Waals surface area contributed by atoms with Crippen LogP contribution >= 0.6 is 35.0 Å². The molecule has 13 heavy (non-hydrogen) atoms. The Kier molecular flexibility index (Phi) is 4.19. The summed E-state index contributed by atoms with van der Waals surface area (Å²) in [5.41, 5.74) is 3.34. The lowest BCUT2D eigenvalue weighted by molar-refractivity contribution is 1.29. The molecule has 0 aliphatic heterocycles. The fourth-order valence-corrected chi connectivity index (χ4v) is 2.37. The molecule has 5 heteroatoms. The van der Waals surface area contributed by atoms with Gasteiger partial charge in [-0.05, 0) is 17.9 Å². The minimum atomic E-state index is 0.582. The number of rotatable bonds is 3. The summed E-state index contributed by atoms with van der Waals surface area (Å²) in [6, 6.07) is 3.47. The Bertz CT molecular complexity index is 304. The molecule has 0 spiro atoms. The summed E-state index contributed by atoms with van der Waals surface area (Å²) in [4.78, 5) is 0.941. The van der Waals surface area contributed by atoms with E-state index in [-0.39, 0.29) is 0 Å². The van der Waals surface area contributed by atoms with E-state index in [1.165, 1.54) is 0 Å². The van der Waals surface area contributed by atoms with E-state index in [2.05, 4.69) is 12.3 Å².